The quantitative estimate of drug-likeness (QED) is 0.863. The van der Waals surface area contributed by atoms with Crippen molar-refractivity contribution in [2.45, 2.75) is 13.1 Å². The van der Waals surface area contributed by atoms with Gasteiger partial charge in [0.05, 0.1) is 5.56 Å². The standard InChI is InChI=1S/C16H13BrN2O3/c17-11-4-13(15-14(5-11)21-8-22-15)16(20)19-12-2-1-9-6-18-7-10(9)3-12/h1-5,18H,6-8H2,(H,19,20). The molecule has 1 amide bonds. The van der Waals surface area contributed by atoms with Gasteiger partial charge in [-0.15, -0.1) is 0 Å². The number of hydrogen-bond acceptors (Lipinski definition) is 4. The zero-order valence-corrected chi connectivity index (χ0v) is 13.2. The molecule has 112 valence electrons. The molecule has 2 heterocycles. The average molecular weight is 361 g/mol. The number of hydrogen-bond donors (Lipinski definition) is 2. The number of carbonyl (C=O) groups excluding carboxylic acids is 1. The van der Waals surface area contributed by atoms with Crippen molar-refractivity contribution in [3.63, 3.8) is 0 Å². The summed E-state index contributed by atoms with van der Waals surface area (Å²) >= 11 is 3.39. The van der Waals surface area contributed by atoms with Gasteiger partial charge < -0.3 is 20.1 Å². The van der Waals surface area contributed by atoms with Crippen molar-refractivity contribution in [2.24, 2.45) is 0 Å². The summed E-state index contributed by atoms with van der Waals surface area (Å²) in [6, 6.07) is 9.48. The first-order chi connectivity index (χ1) is 10.7. The molecule has 2 aromatic rings. The minimum atomic E-state index is -0.214. The van der Waals surface area contributed by atoms with Crippen LogP contribution in [0.5, 0.6) is 11.5 Å². The smallest absolute Gasteiger partial charge is 0.259 e. The molecule has 4 rings (SSSR count). The Kier molecular flexibility index (Phi) is 3.28. The number of amides is 1. The van der Waals surface area contributed by atoms with Gasteiger partial charge in [0, 0.05) is 23.2 Å². The van der Waals surface area contributed by atoms with Crippen molar-refractivity contribution >= 4 is 27.5 Å². The molecule has 2 aliphatic rings. The van der Waals surface area contributed by atoms with Gasteiger partial charge in [0.15, 0.2) is 11.5 Å². The molecule has 0 saturated heterocycles. The third-order valence-electron chi connectivity index (χ3n) is 3.78. The lowest BCUT2D eigenvalue weighted by Gasteiger charge is -2.09. The molecule has 5 nitrogen and oxygen atoms in total. The Morgan fingerprint density at radius 1 is 1.14 bits per heavy atom. The molecule has 0 fully saturated rings. The molecule has 0 aromatic heterocycles. The summed E-state index contributed by atoms with van der Waals surface area (Å²) in [5.74, 6) is 0.857. The molecule has 2 aromatic carbocycles. The molecule has 6 heteroatoms. The third kappa shape index (κ3) is 2.34. The lowest BCUT2D eigenvalue weighted by atomic mass is 10.1. The van der Waals surface area contributed by atoms with Crippen molar-refractivity contribution in [3.8, 4) is 11.5 Å². The largest absolute Gasteiger partial charge is 0.454 e. The van der Waals surface area contributed by atoms with E-state index >= 15 is 0 Å². The molecule has 0 unspecified atom stereocenters. The van der Waals surface area contributed by atoms with Gasteiger partial charge in [-0.25, -0.2) is 0 Å². The van der Waals surface area contributed by atoms with Gasteiger partial charge in [-0.2, -0.15) is 0 Å². The Balaban J connectivity index is 1.63. The van der Waals surface area contributed by atoms with E-state index in [0.717, 1.165) is 23.2 Å². The highest BCUT2D eigenvalue weighted by Crippen LogP contribution is 2.38. The van der Waals surface area contributed by atoms with Crippen LogP contribution in [0.15, 0.2) is 34.8 Å². The van der Waals surface area contributed by atoms with E-state index in [2.05, 4.69) is 26.6 Å². The van der Waals surface area contributed by atoms with Crippen LogP contribution in [-0.2, 0) is 13.1 Å². The minimum Gasteiger partial charge on any atom is -0.454 e. The maximum atomic E-state index is 12.5. The number of rotatable bonds is 2. The average Bonchev–Trinajstić information content (AvgIpc) is 3.13. The number of ether oxygens (including phenoxy) is 2. The topological polar surface area (TPSA) is 59.6 Å². The minimum absolute atomic E-state index is 0.135. The van der Waals surface area contributed by atoms with Crippen molar-refractivity contribution in [1.82, 2.24) is 5.32 Å². The molecule has 0 radical (unpaired) electrons. The van der Waals surface area contributed by atoms with Crippen molar-refractivity contribution in [3.05, 3.63) is 51.5 Å². The third-order valence-corrected chi connectivity index (χ3v) is 4.23. The first kappa shape index (κ1) is 13.6. The molecular weight excluding hydrogens is 348 g/mol. The molecule has 0 bridgehead atoms. The number of carbonyl (C=O) groups is 1. The second kappa shape index (κ2) is 5.30. The summed E-state index contributed by atoms with van der Waals surface area (Å²) in [4.78, 5) is 12.5. The molecule has 2 aliphatic heterocycles. The van der Waals surface area contributed by atoms with E-state index in [1.807, 2.05) is 18.2 Å². The van der Waals surface area contributed by atoms with E-state index in [1.54, 1.807) is 12.1 Å². The van der Waals surface area contributed by atoms with E-state index in [-0.39, 0.29) is 12.7 Å². The van der Waals surface area contributed by atoms with Crippen molar-refractivity contribution < 1.29 is 14.3 Å². The lowest BCUT2D eigenvalue weighted by Crippen LogP contribution is -2.13. The second-order valence-corrected chi connectivity index (χ2v) is 6.14. The van der Waals surface area contributed by atoms with Gasteiger partial charge in [-0.05, 0) is 35.4 Å². The Hall–Kier alpha value is -2.05. The highest BCUT2D eigenvalue weighted by molar-refractivity contribution is 9.10. The van der Waals surface area contributed by atoms with Crippen LogP contribution in [0.4, 0.5) is 5.69 Å². The summed E-state index contributed by atoms with van der Waals surface area (Å²) in [6.07, 6.45) is 0. The Morgan fingerprint density at radius 2 is 2.00 bits per heavy atom. The predicted molar refractivity (Wildman–Crippen MR) is 85.2 cm³/mol. The van der Waals surface area contributed by atoms with Gasteiger partial charge >= 0.3 is 0 Å². The molecule has 0 spiro atoms. The Labute approximate surface area is 135 Å². The highest BCUT2D eigenvalue weighted by atomic mass is 79.9. The van der Waals surface area contributed by atoms with E-state index in [0.29, 0.717) is 17.1 Å². The SMILES string of the molecule is O=C(Nc1ccc2c(c1)CNC2)c1cc(Br)cc2c1OCO2. The van der Waals surface area contributed by atoms with E-state index < -0.39 is 0 Å². The first-order valence-corrected chi connectivity index (χ1v) is 7.73. The van der Waals surface area contributed by atoms with Gasteiger partial charge in [0.2, 0.25) is 6.79 Å². The number of benzene rings is 2. The maximum Gasteiger partial charge on any atom is 0.259 e. The fourth-order valence-electron chi connectivity index (χ4n) is 2.72. The fourth-order valence-corrected chi connectivity index (χ4v) is 3.15. The van der Waals surface area contributed by atoms with Crippen LogP contribution in [-0.4, -0.2) is 12.7 Å². The van der Waals surface area contributed by atoms with Crippen LogP contribution in [0.2, 0.25) is 0 Å². The van der Waals surface area contributed by atoms with Crippen LogP contribution < -0.4 is 20.1 Å². The zero-order valence-electron chi connectivity index (χ0n) is 11.6. The van der Waals surface area contributed by atoms with E-state index in [9.17, 15) is 4.79 Å². The summed E-state index contributed by atoms with van der Waals surface area (Å²) in [5, 5.41) is 6.21. The number of halogens is 1. The fraction of sp³-hybridized carbons (Fsp3) is 0.188. The van der Waals surface area contributed by atoms with Gasteiger partial charge in [0.1, 0.15) is 0 Å². The molecule has 0 saturated carbocycles. The maximum absolute atomic E-state index is 12.5. The zero-order chi connectivity index (χ0) is 15.1. The molecule has 0 aliphatic carbocycles. The van der Waals surface area contributed by atoms with Gasteiger partial charge in [-0.3, -0.25) is 4.79 Å². The highest BCUT2D eigenvalue weighted by Gasteiger charge is 2.23. The second-order valence-electron chi connectivity index (χ2n) is 5.23. The van der Waals surface area contributed by atoms with Crippen LogP contribution >= 0.6 is 15.9 Å². The van der Waals surface area contributed by atoms with Gasteiger partial charge in [-0.1, -0.05) is 22.0 Å². The Morgan fingerprint density at radius 3 is 2.91 bits per heavy atom. The molecular formula is C16H13BrN2O3. The normalized spacial score (nSPS) is 14.8. The van der Waals surface area contributed by atoms with Crippen LogP contribution in [0, 0.1) is 0 Å². The summed E-state index contributed by atoms with van der Waals surface area (Å²) < 4.78 is 11.5. The van der Waals surface area contributed by atoms with E-state index in [4.69, 9.17) is 9.47 Å². The number of nitrogens with one attached hydrogen (secondary N) is 2. The van der Waals surface area contributed by atoms with Crippen LogP contribution in [0.1, 0.15) is 21.5 Å². The van der Waals surface area contributed by atoms with Crippen LogP contribution in [0.25, 0.3) is 0 Å². The summed E-state index contributed by atoms with van der Waals surface area (Å²) in [6.45, 7) is 1.85. The van der Waals surface area contributed by atoms with Crippen molar-refractivity contribution in [2.75, 3.05) is 12.1 Å². The van der Waals surface area contributed by atoms with Gasteiger partial charge in [0.25, 0.3) is 5.91 Å². The number of fused-ring (bicyclic) bond motifs is 2. The Bertz CT molecular complexity index is 776. The summed E-state index contributed by atoms with van der Waals surface area (Å²) in [7, 11) is 0. The monoisotopic (exact) mass is 360 g/mol. The molecule has 2 N–H and O–H groups in total. The predicted octanol–water partition coefficient (Wildman–Crippen LogP) is 3.03. The van der Waals surface area contributed by atoms with Crippen molar-refractivity contribution in [1.29, 1.82) is 0 Å². The van der Waals surface area contributed by atoms with E-state index in [1.165, 1.54) is 11.1 Å². The molecule has 0 atom stereocenters. The summed E-state index contributed by atoms with van der Waals surface area (Å²) in [5.41, 5.74) is 3.73. The first-order valence-electron chi connectivity index (χ1n) is 6.94. The lowest BCUT2D eigenvalue weighted by molar-refractivity contribution is 0.102. The number of anilines is 1. The molecule has 22 heavy (non-hydrogen) atoms. The van der Waals surface area contributed by atoms with Crippen LogP contribution in [0.3, 0.4) is 0 Å².